The highest BCUT2D eigenvalue weighted by Gasteiger charge is 2.23. The van der Waals surface area contributed by atoms with Gasteiger partial charge in [-0.2, -0.15) is 0 Å². The molecule has 1 heterocycles. The van der Waals surface area contributed by atoms with Gasteiger partial charge in [-0.3, -0.25) is 0 Å². The molecule has 1 rings (SSSR count). The molecular weight excluding hydrogens is 276 g/mol. The van der Waals surface area contributed by atoms with Gasteiger partial charge in [0, 0.05) is 19.0 Å². The summed E-state index contributed by atoms with van der Waals surface area (Å²) in [5.41, 5.74) is 0. The molecule has 0 fully saturated rings. The fourth-order valence-electron chi connectivity index (χ4n) is 1.34. The summed E-state index contributed by atoms with van der Waals surface area (Å²) in [5, 5.41) is 13.1. The molecule has 2 N–H and O–H groups in total. The van der Waals surface area contributed by atoms with Crippen molar-refractivity contribution in [2.45, 2.75) is 11.3 Å². The maximum Gasteiger partial charge on any atom is 0.345 e. The van der Waals surface area contributed by atoms with E-state index < -0.39 is 16.0 Å². The molecular formula is C10H16N2O4S2. The van der Waals surface area contributed by atoms with E-state index in [2.05, 4.69) is 5.32 Å². The van der Waals surface area contributed by atoms with E-state index in [9.17, 15) is 13.2 Å². The molecule has 0 aromatic carbocycles. The average molecular weight is 292 g/mol. The van der Waals surface area contributed by atoms with Gasteiger partial charge in [0.25, 0.3) is 0 Å². The van der Waals surface area contributed by atoms with Crippen molar-refractivity contribution in [2.75, 3.05) is 27.2 Å². The molecule has 0 bridgehead atoms. The Morgan fingerprint density at radius 3 is 2.72 bits per heavy atom. The van der Waals surface area contributed by atoms with Gasteiger partial charge in [-0.25, -0.2) is 17.5 Å². The number of sulfonamides is 1. The lowest BCUT2D eigenvalue weighted by molar-refractivity contribution is 0.0702. The largest absolute Gasteiger partial charge is 0.477 e. The number of carboxylic acid groups (broad SMARTS) is 1. The number of thiophene rings is 1. The number of hydrogen-bond donors (Lipinski definition) is 2. The summed E-state index contributed by atoms with van der Waals surface area (Å²) in [6.45, 7) is 1.12. The molecule has 0 saturated carbocycles. The van der Waals surface area contributed by atoms with Gasteiger partial charge in [-0.05, 0) is 26.1 Å². The van der Waals surface area contributed by atoms with Crippen molar-refractivity contribution >= 4 is 27.3 Å². The van der Waals surface area contributed by atoms with E-state index in [0.29, 0.717) is 13.0 Å². The fraction of sp³-hybridized carbons (Fsp3) is 0.500. The van der Waals surface area contributed by atoms with Gasteiger partial charge in [0.05, 0.1) is 4.90 Å². The number of aromatic carboxylic acids is 1. The molecule has 6 nitrogen and oxygen atoms in total. The predicted octanol–water partition coefficient (Wildman–Crippen LogP) is 0.676. The summed E-state index contributed by atoms with van der Waals surface area (Å²) < 4.78 is 25.4. The Bertz CT molecular complexity index is 510. The standard InChI is InChI=1S/C10H16N2O4S2/c1-11-4-3-5-12(2)18(15,16)8-6-9(10(13)14)17-7-8/h6-7,11H,3-5H2,1-2H3,(H,13,14). The summed E-state index contributed by atoms with van der Waals surface area (Å²) in [7, 11) is -0.292. The number of rotatable bonds is 7. The third kappa shape index (κ3) is 3.52. The number of carbonyl (C=O) groups is 1. The average Bonchev–Trinajstić information content (AvgIpc) is 2.79. The number of carboxylic acids is 1. The van der Waals surface area contributed by atoms with E-state index in [1.54, 1.807) is 7.05 Å². The van der Waals surface area contributed by atoms with Gasteiger partial charge >= 0.3 is 5.97 Å². The van der Waals surface area contributed by atoms with Crippen LogP contribution in [0.25, 0.3) is 0 Å². The normalized spacial score (nSPS) is 11.9. The lowest BCUT2D eigenvalue weighted by Gasteiger charge is -2.15. The van der Waals surface area contributed by atoms with Crippen molar-refractivity contribution in [2.24, 2.45) is 0 Å². The van der Waals surface area contributed by atoms with Crippen LogP contribution in [0.1, 0.15) is 16.1 Å². The molecule has 102 valence electrons. The molecule has 0 atom stereocenters. The Labute approximate surface area is 110 Å². The highest BCUT2D eigenvalue weighted by molar-refractivity contribution is 7.89. The Balaban J connectivity index is 2.81. The van der Waals surface area contributed by atoms with Crippen LogP contribution in [0.2, 0.25) is 0 Å². The SMILES string of the molecule is CNCCCN(C)S(=O)(=O)c1csc(C(=O)O)c1. The van der Waals surface area contributed by atoms with Gasteiger partial charge in [0.1, 0.15) is 4.88 Å². The maximum absolute atomic E-state index is 12.1. The highest BCUT2D eigenvalue weighted by atomic mass is 32.2. The maximum atomic E-state index is 12.1. The van der Waals surface area contributed by atoms with Crippen LogP contribution in [0, 0.1) is 0 Å². The van der Waals surface area contributed by atoms with Gasteiger partial charge in [-0.1, -0.05) is 0 Å². The smallest absolute Gasteiger partial charge is 0.345 e. The van der Waals surface area contributed by atoms with Crippen molar-refractivity contribution in [1.29, 1.82) is 0 Å². The molecule has 1 aromatic rings. The number of nitrogens with one attached hydrogen (secondary N) is 1. The molecule has 0 aliphatic carbocycles. The molecule has 0 saturated heterocycles. The molecule has 0 aliphatic rings. The summed E-state index contributed by atoms with van der Waals surface area (Å²) in [6.07, 6.45) is 0.697. The van der Waals surface area contributed by atoms with Crippen LogP contribution >= 0.6 is 11.3 Å². The first-order valence-corrected chi connectivity index (χ1v) is 7.64. The van der Waals surface area contributed by atoms with E-state index in [1.807, 2.05) is 0 Å². The summed E-state index contributed by atoms with van der Waals surface area (Å²) in [4.78, 5) is 10.8. The monoisotopic (exact) mass is 292 g/mol. The third-order valence-electron chi connectivity index (χ3n) is 2.39. The Morgan fingerprint density at radius 2 is 2.22 bits per heavy atom. The van der Waals surface area contributed by atoms with E-state index >= 15 is 0 Å². The quantitative estimate of drug-likeness (QED) is 0.722. The fourth-order valence-corrected chi connectivity index (χ4v) is 3.65. The summed E-state index contributed by atoms with van der Waals surface area (Å²) >= 11 is 0.913. The van der Waals surface area contributed by atoms with E-state index in [0.717, 1.165) is 17.9 Å². The Kier molecular flexibility index (Phi) is 5.27. The first kappa shape index (κ1) is 15.1. The third-order valence-corrected chi connectivity index (χ3v) is 5.30. The lowest BCUT2D eigenvalue weighted by atomic mass is 10.4. The van der Waals surface area contributed by atoms with Crippen LogP contribution in [-0.2, 0) is 10.0 Å². The zero-order valence-electron chi connectivity index (χ0n) is 10.2. The highest BCUT2D eigenvalue weighted by Crippen LogP contribution is 2.22. The van der Waals surface area contributed by atoms with Crippen LogP contribution in [0.5, 0.6) is 0 Å². The van der Waals surface area contributed by atoms with E-state index in [4.69, 9.17) is 5.11 Å². The van der Waals surface area contributed by atoms with Gasteiger partial charge in [-0.15, -0.1) is 11.3 Å². The second-order valence-corrected chi connectivity index (χ2v) is 6.69. The van der Waals surface area contributed by atoms with Crippen molar-refractivity contribution in [3.05, 3.63) is 16.3 Å². The van der Waals surface area contributed by atoms with Crippen molar-refractivity contribution in [3.63, 3.8) is 0 Å². The van der Waals surface area contributed by atoms with Crippen LogP contribution in [0.15, 0.2) is 16.3 Å². The molecule has 0 amide bonds. The van der Waals surface area contributed by atoms with Crippen LogP contribution in [0.4, 0.5) is 0 Å². The van der Waals surface area contributed by atoms with Crippen LogP contribution < -0.4 is 5.32 Å². The number of nitrogens with zero attached hydrogens (tertiary/aromatic N) is 1. The van der Waals surface area contributed by atoms with Crippen LogP contribution in [0.3, 0.4) is 0 Å². The zero-order chi connectivity index (χ0) is 13.8. The minimum absolute atomic E-state index is 0.0252. The lowest BCUT2D eigenvalue weighted by Crippen LogP contribution is -2.29. The van der Waals surface area contributed by atoms with Crippen LogP contribution in [-0.4, -0.2) is 51.0 Å². The first-order valence-electron chi connectivity index (χ1n) is 5.32. The molecule has 1 aromatic heterocycles. The molecule has 8 heteroatoms. The molecule has 0 unspecified atom stereocenters. The summed E-state index contributed by atoms with van der Waals surface area (Å²) in [6, 6.07) is 1.19. The predicted molar refractivity (Wildman–Crippen MR) is 69.6 cm³/mol. The van der Waals surface area contributed by atoms with Crippen molar-refractivity contribution in [3.8, 4) is 0 Å². The van der Waals surface area contributed by atoms with E-state index in [1.165, 1.54) is 22.8 Å². The second-order valence-electron chi connectivity index (χ2n) is 3.74. The van der Waals surface area contributed by atoms with Gasteiger partial charge in [0.15, 0.2) is 0 Å². The molecule has 0 aliphatic heterocycles. The van der Waals surface area contributed by atoms with E-state index in [-0.39, 0.29) is 9.77 Å². The molecule has 0 spiro atoms. The summed E-state index contributed by atoms with van der Waals surface area (Å²) in [5.74, 6) is -1.11. The first-order chi connectivity index (χ1) is 8.39. The second kappa shape index (κ2) is 6.28. The molecule has 0 radical (unpaired) electrons. The minimum Gasteiger partial charge on any atom is -0.477 e. The minimum atomic E-state index is -3.58. The molecule has 18 heavy (non-hydrogen) atoms. The zero-order valence-corrected chi connectivity index (χ0v) is 11.8. The number of hydrogen-bond acceptors (Lipinski definition) is 5. The van der Waals surface area contributed by atoms with Gasteiger partial charge < -0.3 is 10.4 Å². The topological polar surface area (TPSA) is 86.7 Å². The van der Waals surface area contributed by atoms with Gasteiger partial charge in [0.2, 0.25) is 10.0 Å². The Hall–Kier alpha value is -0.960. The Morgan fingerprint density at radius 1 is 1.56 bits per heavy atom. The van der Waals surface area contributed by atoms with Crippen molar-refractivity contribution in [1.82, 2.24) is 9.62 Å². The van der Waals surface area contributed by atoms with Crippen molar-refractivity contribution < 1.29 is 18.3 Å².